The van der Waals surface area contributed by atoms with Gasteiger partial charge in [-0.25, -0.2) is 0 Å². The lowest BCUT2D eigenvalue weighted by Crippen LogP contribution is -2.34. The molecule has 21 heavy (non-hydrogen) atoms. The molecular weight excluding hydrogens is 258 g/mol. The summed E-state index contributed by atoms with van der Waals surface area (Å²) in [6, 6.07) is 10.9. The van der Waals surface area contributed by atoms with E-state index in [1.54, 1.807) is 0 Å². The van der Waals surface area contributed by atoms with E-state index in [2.05, 4.69) is 38.2 Å². The van der Waals surface area contributed by atoms with Crippen molar-refractivity contribution >= 4 is 0 Å². The highest BCUT2D eigenvalue weighted by atomic mass is 16.3. The van der Waals surface area contributed by atoms with Crippen LogP contribution in [-0.2, 0) is 0 Å². The lowest BCUT2D eigenvalue weighted by molar-refractivity contribution is 0.208. The average molecular weight is 289 g/mol. The van der Waals surface area contributed by atoms with Crippen LogP contribution in [0.15, 0.2) is 30.3 Å². The molecule has 1 saturated carbocycles. The van der Waals surface area contributed by atoms with Crippen LogP contribution >= 0.6 is 0 Å². The molecule has 2 nitrogen and oxygen atoms in total. The SMILES string of the molecule is CC(C)(C)C1CCCC(NC(CO)c2ccccc2)CC1. The number of nitrogens with one attached hydrogen (secondary N) is 1. The summed E-state index contributed by atoms with van der Waals surface area (Å²) in [5.74, 6) is 0.827. The molecule has 2 rings (SSSR count). The first-order valence-electron chi connectivity index (χ1n) is 8.42. The summed E-state index contributed by atoms with van der Waals surface area (Å²) >= 11 is 0. The van der Waals surface area contributed by atoms with Gasteiger partial charge in [-0.15, -0.1) is 0 Å². The van der Waals surface area contributed by atoms with Gasteiger partial charge in [0.15, 0.2) is 0 Å². The van der Waals surface area contributed by atoms with Crippen molar-refractivity contribution in [3.63, 3.8) is 0 Å². The summed E-state index contributed by atoms with van der Waals surface area (Å²) in [5, 5.41) is 13.4. The van der Waals surface area contributed by atoms with Crippen molar-refractivity contribution < 1.29 is 5.11 Å². The fourth-order valence-electron chi connectivity index (χ4n) is 3.56. The van der Waals surface area contributed by atoms with Crippen LogP contribution in [-0.4, -0.2) is 17.8 Å². The van der Waals surface area contributed by atoms with Crippen molar-refractivity contribution in [2.24, 2.45) is 11.3 Å². The second kappa shape index (κ2) is 7.42. The molecule has 0 spiro atoms. The zero-order valence-electron chi connectivity index (χ0n) is 13.8. The minimum absolute atomic E-state index is 0.0717. The van der Waals surface area contributed by atoms with Crippen molar-refractivity contribution in [2.45, 2.75) is 65.0 Å². The van der Waals surface area contributed by atoms with E-state index in [1.165, 1.54) is 37.7 Å². The Bertz CT molecular complexity index is 409. The number of benzene rings is 1. The fraction of sp³-hybridized carbons (Fsp3) is 0.684. The van der Waals surface area contributed by atoms with Crippen LogP contribution in [0.2, 0.25) is 0 Å². The van der Waals surface area contributed by atoms with Crippen LogP contribution < -0.4 is 5.32 Å². The van der Waals surface area contributed by atoms with Gasteiger partial charge in [-0.05, 0) is 42.6 Å². The third kappa shape index (κ3) is 4.82. The molecule has 0 amide bonds. The highest BCUT2D eigenvalue weighted by Gasteiger charge is 2.28. The third-order valence-electron chi connectivity index (χ3n) is 5.01. The Morgan fingerprint density at radius 1 is 1.10 bits per heavy atom. The number of aliphatic hydroxyl groups is 1. The Labute approximate surface area is 130 Å². The number of hydrogen-bond donors (Lipinski definition) is 2. The monoisotopic (exact) mass is 289 g/mol. The van der Waals surface area contributed by atoms with E-state index in [0.717, 1.165) is 5.92 Å². The van der Waals surface area contributed by atoms with Crippen LogP contribution in [0, 0.1) is 11.3 Å². The van der Waals surface area contributed by atoms with E-state index >= 15 is 0 Å². The standard InChI is InChI=1S/C19H31NO/c1-19(2,3)16-10-7-11-17(13-12-16)20-18(14-21)15-8-5-4-6-9-15/h4-6,8-9,16-18,20-21H,7,10-14H2,1-3H3. The summed E-state index contributed by atoms with van der Waals surface area (Å²) in [7, 11) is 0. The Hall–Kier alpha value is -0.860. The van der Waals surface area contributed by atoms with Gasteiger partial charge >= 0.3 is 0 Å². The van der Waals surface area contributed by atoms with Gasteiger partial charge in [0.25, 0.3) is 0 Å². The lowest BCUT2D eigenvalue weighted by Gasteiger charge is -2.30. The van der Waals surface area contributed by atoms with Gasteiger partial charge in [-0.2, -0.15) is 0 Å². The minimum Gasteiger partial charge on any atom is -0.394 e. The van der Waals surface area contributed by atoms with Crippen molar-refractivity contribution in [1.29, 1.82) is 0 Å². The van der Waals surface area contributed by atoms with Crippen LogP contribution in [0.4, 0.5) is 0 Å². The Kier molecular flexibility index (Phi) is 5.83. The Balaban J connectivity index is 1.93. The molecule has 1 fully saturated rings. The van der Waals surface area contributed by atoms with Crippen LogP contribution in [0.5, 0.6) is 0 Å². The molecule has 0 radical (unpaired) electrons. The quantitative estimate of drug-likeness (QED) is 0.810. The average Bonchev–Trinajstić information content (AvgIpc) is 2.71. The number of hydrogen-bond acceptors (Lipinski definition) is 2. The topological polar surface area (TPSA) is 32.3 Å². The zero-order chi connectivity index (χ0) is 15.3. The van der Waals surface area contributed by atoms with Crippen molar-refractivity contribution in [3.05, 3.63) is 35.9 Å². The van der Waals surface area contributed by atoms with Crippen LogP contribution in [0.1, 0.15) is 64.5 Å². The molecule has 2 heteroatoms. The molecule has 2 N–H and O–H groups in total. The van der Waals surface area contributed by atoms with E-state index in [0.29, 0.717) is 11.5 Å². The fourth-order valence-corrected chi connectivity index (χ4v) is 3.56. The molecule has 1 aromatic carbocycles. The van der Waals surface area contributed by atoms with E-state index in [1.807, 2.05) is 18.2 Å². The number of aliphatic hydroxyl groups excluding tert-OH is 1. The normalized spacial score (nSPS) is 25.3. The van der Waals surface area contributed by atoms with Crippen molar-refractivity contribution in [1.82, 2.24) is 5.32 Å². The largest absolute Gasteiger partial charge is 0.394 e. The van der Waals surface area contributed by atoms with E-state index < -0.39 is 0 Å². The molecule has 118 valence electrons. The highest BCUT2D eigenvalue weighted by molar-refractivity contribution is 5.19. The molecule has 0 saturated heterocycles. The van der Waals surface area contributed by atoms with Gasteiger partial charge in [0.2, 0.25) is 0 Å². The first-order valence-corrected chi connectivity index (χ1v) is 8.42. The van der Waals surface area contributed by atoms with Crippen molar-refractivity contribution in [3.8, 4) is 0 Å². The van der Waals surface area contributed by atoms with E-state index in [-0.39, 0.29) is 12.6 Å². The molecule has 0 aliphatic heterocycles. The van der Waals surface area contributed by atoms with E-state index in [4.69, 9.17) is 0 Å². The molecule has 0 aromatic heterocycles. The van der Waals surface area contributed by atoms with Gasteiger partial charge in [0.05, 0.1) is 12.6 Å². The second-order valence-electron chi connectivity index (χ2n) is 7.58. The number of rotatable bonds is 4. The first kappa shape index (κ1) is 16.5. The Morgan fingerprint density at radius 3 is 2.43 bits per heavy atom. The third-order valence-corrected chi connectivity index (χ3v) is 5.01. The minimum atomic E-state index is 0.0717. The van der Waals surface area contributed by atoms with Gasteiger partial charge in [-0.1, -0.05) is 57.5 Å². The smallest absolute Gasteiger partial charge is 0.0626 e. The summed E-state index contributed by atoms with van der Waals surface area (Å²) in [4.78, 5) is 0. The highest BCUT2D eigenvalue weighted by Crippen LogP contribution is 2.37. The predicted octanol–water partition coefficient (Wildman–Crippen LogP) is 4.30. The molecule has 0 bridgehead atoms. The molecule has 1 aromatic rings. The van der Waals surface area contributed by atoms with Gasteiger partial charge < -0.3 is 10.4 Å². The van der Waals surface area contributed by atoms with Gasteiger partial charge in [-0.3, -0.25) is 0 Å². The maximum Gasteiger partial charge on any atom is 0.0626 e. The maximum atomic E-state index is 9.70. The predicted molar refractivity (Wildman–Crippen MR) is 89.2 cm³/mol. The summed E-state index contributed by atoms with van der Waals surface area (Å²) < 4.78 is 0. The molecular formula is C19H31NO. The summed E-state index contributed by atoms with van der Waals surface area (Å²) in [6.07, 6.45) is 6.40. The summed E-state index contributed by atoms with van der Waals surface area (Å²) in [5.41, 5.74) is 1.61. The van der Waals surface area contributed by atoms with Crippen LogP contribution in [0.3, 0.4) is 0 Å². The summed E-state index contributed by atoms with van der Waals surface area (Å²) in [6.45, 7) is 7.27. The second-order valence-corrected chi connectivity index (χ2v) is 7.58. The maximum absolute atomic E-state index is 9.70. The molecule has 1 aliphatic rings. The molecule has 0 heterocycles. The molecule has 3 unspecified atom stereocenters. The lowest BCUT2D eigenvalue weighted by atomic mass is 9.76. The van der Waals surface area contributed by atoms with Crippen molar-refractivity contribution in [2.75, 3.05) is 6.61 Å². The first-order chi connectivity index (χ1) is 10.0. The molecule has 3 atom stereocenters. The van der Waals surface area contributed by atoms with Gasteiger partial charge in [0.1, 0.15) is 0 Å². The van der Waals surface area contributed by atoms with E-state index in [9.17, 15) is 5.11 Å². The Morgan fingerprint density at radius 2 is 1.81 bits per heavy atom. The van der Waals surface area contributed by atoms with Gasteiger partial charge in [0, 0.05) is 6.04 Å². The molecule has 1 aliphatic carbocycles. The van der Waals surface area contributed by atoms with Crippen LogP contribution in [0.25, 0.3) is 0 Å². The zero-order valence-corrected chi connectivity index (χ0v) is 13.8.